The van der Waals surface area contributed by atoms with Crippen LogP contribution in [0.3, 0.4) is 0 Å². The van der Waals surface area contributed by atoms with Crippen LogP contribution in [0.1, 0.15) is 28.0 Å². The summed E-state index contributed by atoms with van der Waals surface area (Å²) in [6.45, 7) is 4.91. The van der Waals surface area contributed by atoms with Crippen LogP contribution in [0, 0.1) is 6.92 Å². The Balaban J connectivity index is 1.99. The second-order valence-electron chi connectivity index (χ2n) is 4.89. The Hall–Kier alpha value is -1.33. The maximum Gasteiger partial charge on any atom is 0.270 e. The Morgan fingerprint density at radius 3 is 2.95 bits per heavy atom. The number of nitrogens with zero attached hydrogens (tertiary/aromatic N) is 2. The summed E-state index contributed by atoms with van der Waals surface area (Å²) >= 11 is 3.31. The summed E-state index contributed by atoms with van der Waals surface area (Å²) in [7, 11) is 0. The number of aryl methyl sites for hydroxylation is 1. The first-order valence-corrected chi connectivity index (χ1v) is 8.35. The van der Waals surface area contributed by atoms with E-state index in [9.17, 15) is 4.79 Å². The van der Waals surface area contributed by atoms with Gasteiger partial charge in [-0.2, -0.15) is 0 Å². The van der Waals surface area contributed by atoms with Crippen LogP contribution < -0.4 is 4.90 Å². The molecule has 2 aromatic rings. The second-order valence-corrected chi connectivity index (χ2v) is 7.60. The number of hydrogen-bond donors (Lipinski definition) is 0. The lowest BCUT2D eigenvalue weighted by atomic mass is 10.2. The number of fused-ring (bicyclic) bond motifs is 1. The molecule has 3 nitrogen and oxygen atoms in total. The van der Waals surface area contributed by atoms with Crippen molar-refractivity contribution in [3.63, 3.8) is 0 Å². The first-order valence-electron chi connectivity index (χ1n) is 6.65. The van der Waals surface area contributed by atoms with Gasteiger partial charge in [0.15, 0.2) is 0 Å². The first kappa shape index (κ1) is 13.6. The fraction of sp³-hybridized carbons (Fsp3) is 0.333. The van der Waals surface area contributed by atoms with Crippen molar-refractivity contribution >= 4 is 34.7 Å². The molecular weight excluding hydrogens is 288 g/mol. The van der Waals surface area contributed by atoms with Gasteiger partial charge in [0.25, 0.3) is 5.91 Å². The van der Waals surface area contributed by atoms with E-state index in [1.807, 2.05) is 41.8 Å². The third kappa shape index (κ3) is 2.60. The van der Waals surface area contributed by atoms with Gasteiger partial charge in [0.2, 0.25) is 0 Å². The number of amides is 1. The molecule has 0 radical (unpaired) electrons. The first-order chi connectivity index (χ1) is 9.65. The third-order valence-corrected chi connectivity index (χ3v) is 5.46. The number of benzene rings is 1. The highest BCUT2D eigenvalue weighted by molar-refractivity contribution is 8.00. The number of hydrogen-bond acceptors (Lipinski definition) is 4. The SMILES string of the molecule is Cc1ncc(C(=O)N2CC[C@H](C)Sc3ccccc32)s1. The molecule has 1 atom stereocenters. The van der Waals surface area contributed by atoms with Crippen molar-refractivity contribution in [1.29, 1.82) is 0 Å². The van der Waals surface area contributed by atoms with Gasteiger partial charge in [0.1, 0.15) is 4.88 Å². The van der Waals surface area contributed by atoms with E-state index < -0.39 is 0 Å². The summed E-state index contributed by atoms with van der Waals surface area (Å²) in [5.74, 6) is 0.0674. The highest BCUT2D eigenvalue weighted by atomic mass is 32.2. The second kappa shape index (κ2) is 5.58. The number of aromatic nitrogens is 1. The summed E-state index contributed by atoms with van der Waals surface area (Å²) in [5.41, 5.74) is 1.03. The maximum atomic E-state index is 12.7. The summed E-state index contributed by atoms with van der Waals surface area (Å²) in [5, 5.41) is 1.45. The molecule has 20 heavy (non-hydrogen) atoms. The fourth-order valence-electron chi connectivity index (χ4n) is 2.29. The van der Waals surface area contributed by atoms with E-state index in [1.165, 1.54) is 16.2 Å². The molecule has 104 valence electrons. The number of carbonyl (C=O) groups excluding carboxylic acids is 1. The van der Waals surface area contributed by atoms with E-state index in [2.05, 4.69) is 18.0 Å². The average Bonchev–Trinajstić information content (AvgIpc) is 2.79. The van der Waals surface area contributed by atoms with Gasteiger partial charge >= 0.3 is 0 Å². The number of thiazole rings is 1. The summed E-state index contributed by atoms with van der Waals surface area (Å²) in [4.78, 5) is 20.7. The normalized spacial score (nSPS) is 18.5. The van der Waals surface area contributed by atoms with E-state index in [-0.39, 0.29) is 5.91 Å². The molecule has 5 heteroatoms. The summed E-state index contributed by atoms with van der Waals surface area (Å²) < 4.78 is 0. The lowest BCUT2D eigenvalue weighted by Crippen LogP contribution is -2.31. The Labute approximate surface area is 127 Å². The molecule has 2 heterocycles. The Morgan fingerprint density at radius 1 is 1.40 bits per heavy atom. The number of anilines is 1. The van der Waals surface area contributed by atoms with Crippen LogP contribution in [0.5, 0.6) is 0 Å². The largest absolute Gasteiger partial charge is 0.306 e. The van der Waals surface area contributed by atoms with E-state index >= 15 is 0 Å². The van der Waals surface area contributed by atoms with Crippen LogP contribution in [0.4, 0.5) is 5.69 Å². The molecule has 1 aliphatic rings. The zero-order chi connectivity index (χ0) is 14.1. The van der Waals surface area contributed by atoms with Crippen LogP contribution in [0.2, 0.25) is 0 Å². The molecule has 1 aromatic heterocycles. The molecule has 0 aliphatic carbocycles. The maximum absolute atomic E-state index is 12.7. The molecular formula is C15H16N2OS2. The Morgan fingerprint density at radius 2 is 2.20 bits per heavy atom. The predicted octanol–water partition coefficient (Wildman–Crippen LogP) is 3.98. The van der Waals surface area contributed by atoms with Crippen molar-refractivity contribution < 1.29 is 4.79 Å². The minimum Gasteiger partial charge on any atom is -0.306 e. The molecule has 0 unspecified atom stereocenters. The van der Waals surface area contributed by atoms with Crippen molar-refractivity contribution in [2.24, 2.45) is 0 Å². The van der Waals surface area contributed by atoms with Gasteiger partial charge < -0.3 is 4.90 Å². The van der Waals surface area contributed by atoms with Gasteiger partial charge in [0.05, 0.1) is 16.9 Å². The molecule has 0 bridgehead atoms. The zero-order valence-corrected chi connectivity index (χ0v) is 13.1. The van der Waals surface area contributed by atoms with Crippen molar-refractivity contribution in [2.45, 2.75) is 30.4 Å². The monoisotopic (exact) mass is 304 g/mol. The molecule has 0 saturated carbocycles. The molecule has 1 amide bonds. The molecule has 0 spiro atoms. The van der Waals surface area contributed by atoms with Gasteiger partial charge in [-0.1, -0.05) is 19.1 Å². The quantitative estimate of drug-likeness (QED) is 0.799. The van der Waals surface area contributed by atoms with E-state index in [1.54, 1.807) is 6.20 Å². The Kier molecular flexibility index (Phi) is 3.81. The van der Waals surface area contributed by atoms with Crippen LogP contribution in [-0.4, -0.2) is 22.7 Å². The molecule has 0 fully saturated rings. The van der Waals surface area contributed by atoms with E-state index in [0.717, 1.165) is 28.5 Å². The molecule has 3 rings (SSSR count). The van der Waals surface area contributed by atoms with Crippen LogP contribution in [-0.2, 0) is 0 Å². The number of para-hydroxylation sites is 1. The summed E-state index contributed by atoms with van der Waals surface area (Å²) in [6, 6.07) is 8.16. The van der Waals surface area contributed by atoms with Gasteiger partial charge in [-0.15, -0.1) is 23.1 Å². The average molecular weight is 304 g/mol. The molecule has 0 N–H and O–H groups in total. The van der Waals surface area contributed by atoms with Crippen LogP contribution in [0.15, 0.2) is 35.4 Å². The fourth-order valence-corrected chi connectivity index (χ4v) is 4.13. The molecule has 0 saturated heterocycles. The summed E-state index contributed by atoms with van der Waals surface area (Å²) in [6.07, 6.45) is 2.69. The predicted molar refractivity (Wildman–Crippen MR) is 84.9 cm³/mol. The molecule has 1 aromatic carbocycles. The highest BCUT2D eigenvalue weighted by Gasteiger charge is 2.25. The van der Waals surface area contributed by atoms with Gasteiger partial charge in [-0.05, 0) is 25.5 Å². The lowest BCUT2D eigenvalue weighted by molar-refractivity contribution is 0.0990. The van der Waals surface area contributed by atoms with Gasteiger partial charge in [0, 0.05) is 16.7 Å². The minimum absolute atomic E-state index is 0.0674. The topological polar surface area (TPSA) is 33.2 Å². The van der Waals surface area contributed by atoms with Crippen LogP contribution >= 0.6 is 23.1 Å². The van der Waals surface area contributed by atoms with Gasteiger partial charge in [-0.3, -0.25) is 4.79 Å². The van der Waals surface area contributed by atoms with Crippen molar-refractivity contribution in [2.75, 3.05) is 11.4 Å². The lowest BCUT2D eigenvalue weighted by Gasteiger charge is -2.21. The van der Waals surface area contributed by atoms with Crippen molar-refractivity contribution in [1.82, 2.24) is 4.98 Å². The number of rotatable bonds is 1. The number of thioether (sulfide) groups is 1. The highest BCUT2D eigenvalue weighted by Crippen LogP contribution is 2.38. The number of carbonyl (C=O) groups is 1. The molecule has 1 aliphatic heterocycles. The van der Waals surface area contributed by atoms with Gasteiger partial charge in [-0.25, -0.2) is 4.98 Å². The van der Waals surface area contributed by atoms with Crippen molar-refractivity contribution in [3.8, 4) is 0 Å². The smallest absolute Gasteiger partial charge is 0.270 e. The minimum atomic E-state index is 0.0674. The van der Waals surface area contributed by atoms with Crippen molar-refractivity contribution in [3.05, 3.63) is 40.3 Å². The standard InChI is InChI=1S/C15H16N2OS2/c1-10-7-8-17(12-5-3-4-6-13(12)19-10)15(18)14-9-16-11(2)20-14/h3-6,9-10H,7-8H2,1-2H3/t10-/m0/s1. The zero-order valence-electron chi connectivity index (χ0n) is 11.5. The van der Waals surface area contributed by atoms with E-state index in [0.29, 0.717) is 5.25 Å². The Bertz CT molecular complexity index is 638. The van der Waals surface area contributed by atoms with Crippen LogP contribution in [0.25, 0.3) is 0 Å². The third-order valence-electron chi connectivity index (χ3n) is 3.32. The van der Waals surface area contributed by atoms with E-state index in [4.69, 9.17) is 0 Å².